The highest BCUT2D eigenvalue weighted by Crippen LogP contribution is 2.32. The Hall–Kier alpha value is -2.57. The summed E-state index contributed by atoms with van der Waals surface area (Å²) in [6.45, 7) is 0. The number of anilines is 1. The van der Waals surface area contributed by atoms with Crippen LogP contribution in [0.4, 0.5) is 10.5 Å². The number of carbonyl (C=O) groups is 3. The fourth-order valence-corrected chi connectivity index (χ4v) is 1.92. The van der Waals surface area contributed by atoms with E-state index in [1.165, 1.54) is 12.1 Å². The zero-order valence-corrected chi connectivity index (χ0v) is 10.6. The Morgan fingerprint density at radius 3 is 2.55 bits per heavy atom. The molecule has 0 saturated heterocycles. The molecule has 1 unspecified atom stereocenters. The predicted octanol–water partition coefficient (Wildman–Crippen LogP) is 0.770. The lowest BCUT2D eigenvalue weighted by atomic mass is 10.1. The van der Waals surface area contributed by atoms with Crippen molar-refractivity contribution in [2.45, 2.75) is 18.9 Å². The average Bonchev–Trinajstić information content (AvgIpc) is 3.19. The molecule has 0 radical (unpaired) electrons. The van der Waals surface area contributed by atoms with E-state index in [0.29, 0.717) is 5.69 Å². The van der Waals surface area contributed by atoms with Crippen molar-refractivity contribution in [2.24, 2.45) is 11.7 Å². The third kappa shape index (κ3) is 3.47. The number of carboxylic acid groups (broad SMARTS) is 1. The Morgan fingerprint density at radius 2 is 2.00 bits per heavy atom. The van der Waals surface area contributed by atoms with Gasteiger partial charge in [0.25, 0.3) is 5.91 Å². The Kier molecular flexibility index (Phi) is 3.88. The first-order valence-electron chi connectivity index (χ1n) is 6.17. The van der Waals surface area contributed by atoms with E-state index in [1.54, 1.807) is 12.1 Å². The Bertz CT molecular complexity index is 554. The smallest absolute Gasteiger partial charge is 0.326 e. The number of carboxylic acids is 1. The van der Waals surface area contributed by atoms with E-state index >= 15 is 0 Å². The first-order chi connectivity index (χ1) is 9.47. The minimum Gasteiger partial charge on any atom is -0.480 e. The molecule has 0 aromatic heterocycles. The summed E-state index contributed by atoms with van der Waals surface area (Å²) in [7, 11) is 0. The van der Waals surface area contributed by atoms with Gasteiger partial charge in [0.2, 0.25) is 0 Å². The number of nitrogens with one attached hydrogen (secondary N) is 2. The molecule has 1 aliphatic carbocycles. The zero-order valence-electron chi connectivity index (χ0n) is 10.6. The number of carbonyl (C=O) groups excluding carboxylic acids is 2. The molecule has 0 bridgehead atoms. The minimum atomic E-state index is -1.03. The molecule has 20 heavy (non-hydrogen) atoms. The van der Waals surface area contributed by atoms with Gasteiger partial charge in [-0.3, -0.25) is 4.79 Å². The third-order valence-corrected chi connectivity index (χ3v) is 3.04. The summed E-state index contributed by atoms with van der Waals surface area (Å²) in [5.41, 5.74) is 5.64. The van der Waals surface area contributed by atoms with Gasteiger partial charge in [-0.05, 0) is 37.0 Å². The standard InChI is InChI=1S/C13H15N3O4/c14-13(20)15-9-3-1-2-8(6-9)11(17)16-10(12(18)19)7-4-5-7/h1-3,6-7,10H,4-5H2,(H,16,17)(H,18,19)(H3,14,15,20). The van der Waals surface area contributed by atoms with Gasteiger partial charge in [-0.25, -0.2) is 9.59 Å². The van der Waals surface area contributed by atoms with Gasteiger partial charge in [0, 0.05) is 11.3 Å². The van der Waals surface area contributed by atoms with E-state index in [2.05, 4.69) is 10.6 Å². The quantitative estimate of drug-likeness (QED) is 0.635. The van der Waals surface area contributed by atoms with Crippen molar-refractivity contribution in [3.63, 3.8) is 0 Å². The van der Waals surface area contributed by atoms with Crippen LogP contribution in [0, 0.1) is 5.92 Å². The second kappa shape index (κ2) is 5.60. The van der Waals surface area contributed by atoms with Gasteiger partial charge in [-0.15, -0.1) is 0 Å². The maximum absolute atomic E-state index is 12.0. The molecule has 1 aliphatic rings. The van der Waals surface area contributed by atoms with Gasteiger partial charge in [0.1, 0.15) is 6.04 Å². The fraction of sp³-hybridized carbons (Fsp3) is 0.308. The molecule has 0 spiro atoms. The number of rotatable bonds is 5. The van der Waals surface area contributed by atoms with E-state index in [0.717, 1.165) is 12.8 Å². The van der Waals surface area contributed by atoms with Crippen LogP contribution in [-0.2, 0) is 4.79 Å². The van der Waals surface area contributed by atoms with Crippen molar-refractivity contribution in [3.8, 4) is 0 Å². The van der Waals surface area contributed by atoms with Crippen molar-refractivity contribution in [2.75, 3.05) is 5.32 Å². The molecule has 5 N–H and O–H groups in total. The first-order valence-corrected chi connectivity index (χ1v) is 6.17. The molecule has 1 aromatic rings. The summed E-state index contributed by atoms with van der Waals surface area (Å²) in [4.78, 5) is 33.8. The molecule has 1 atom stereocenters. The van der Waals surface area contributed by atoms with Crippen molar-refractivity contribution >= 4 is 23.6 Å². The van der Waals surface area contributed by atoms with Crippen LogP contribution in [0.15, 0.2) is 24.3 Å². The molecule has 0 aliphatic heterocycles. The van der Waals surface area contributed by atoms with E-state index in [-0.39, 0.29) is 11.5 Å². The Labute approximate surface area is 115 Å². The maximum atomic E-state index is 12.0. The summed E-state index contributed by atoms with van der Waals surface area (Å²) < 4.78 is 0. The topological polar surface area (TPSA) is 122 Å². The summed E-state index contributed by atoms with van der Waals surface area (Å²) in [6.07, 6.45) is 1.61. The predicted molar refractivity (Wildman–Crippen MR) is 71.3 cm³/mol. The molecule has 1 aromatic carbocycles. The monoisotopic (exact) mass is 277 g/mol. The lowest BCUT2D eigenvalue weighted by Gasteiger charge is -2.14. The largest absolute Gasteiger partial charge is 0.480 e. The van der Waals surface area contributed by atoms with Crippen LogP contribution in [0.5, 0.6) is 0 Å². The Balaban J connectivity index is 2.08. The highest BCUT2D eigenvalue weighted by atomic mass is 16.4. The summed E-state index contributed by atoms with van der Waals surface area (Å²) in [6, 6.07) is 4.53. The number of amides is 3. The minimum absolute atomic E-state index is 0.00313. The highest BCUT2D eigenvalue weighted by molar-refractivity contribution is 5.98. The van der Waals surface area contributed by atoms with Crippen LogP contribution >= 0.6 is 0 Å². The fourth-order valence-electron chi connectivity index (χ4n) is 1.92. The van der Waals surface area contributed by atoms with E-state index < -0.39 is 23.9 Å². The molecule has 3 amide bonds. The van der Waals surface area contributed by atoms with Gasteiger partial charge >= 0.3 is 12.0 Å². The van der Waals surface area contributed by atoms with E-state index in [4.69, 9.17) is 10.8 Å². The van der Waals surface area contributed by atoms with Crippen LogP contribution < -0.4 is 16.4 Å². The van der Waals surface area contributed by atoms with E-state index in [1.807, 2.05) is 0 Å². The maximum Gasteiger partial charge on any atom is 0.326 e. The van der Waals surface area contributed by atoms with Crippen molar-refractivity contribution < 1.29 is 19.5 Å². The summed E-state index contributed by atoms with van der Waals surface area (Å²) in [5.74, 6) is -1.52. The number of urea groups is 1. The summed E-state index contributed by atoms with van der Waals surface area (Å²) in [5, 5.41) is 13.9. The summed E-state index contributed by atoms with van der Waals surface area (Å²) >= 11 is 0. The van der Waals surface area contributed by atoms with Gasteiger partial charge in [0.15, 0.2) is 0 Å². The van der Waals surface area contributed by atoms with Crippen LogP contribution in [-0.4, -0.2) is 29.1 Å². The van der Waals surface area contributed by atoms with Gasteiger partial charge in [0.05, 0.1) is 0 Å². The zero-order chi connectivity index (χ0) is 14.7. The number of aliphatic carboxylic acids is 1. The molecular weight excluding hydrogens is 262 g/mol. The van der Waals surface area contributed by atoms with Crippen molar-refractivity contribution in [3.05, 3.63) is 29.8 Å². The molecule has 1 saturated carbocycles. The number of primary amides is 1. The third-order valence-electron chi connectivity index (χ3n) is 3.04. The molecule has 0 heterocycles. The lowest BCUT2D eigenvalue weighted by Crippen LogP contribution is -2.42. The SMILES string of the molecule is NC(=O)Nc1cccc(C(=O)NC(C(=O)O)C2CC2)c1. The van der Waals surface area contributed by atoms with Gasteiger partial charge < -0.3 is 21.5 Å². The molecule has 7 nitrogen and oxygen atoms in total. The second-order valence-electron chi connectivity index (χ2n) is 4.70. The van der Waals surface area contributed by atoms with Crippen LogP contribution in [0.2, 0.25) is 0 Å². The van der Waals surface area contributed by atoms with Crippen LogP contribution in [0.1, 0.15) is 23.2 Å². The number of hydrogen-bond acceptors (Lipinski definition) is 3. The second-order valence-corrected chi connectivity index (χ2v) is 4.70. The van der Waals surface area contributed by atoms with Crippen LogP contribution in [0.25, 0.3) is 0 Å². The lowest BCUT2D eigenvalue weighted by molar-refractivity contribution is -0.139. The molecule has 1 fully saturated rings. The molecule has 106 valence electrons. The van der Waals surface area contributed by atoms with Crippen molar-refractivity contribution in [1.82, 2.24) is 5.32 Å². The van der Waals surface area contributed by atoms with Crippen LogP contribution in [0.3, 0.4) is 0 Å². The number of benzene rings is 1. The molecule has 2 rings (SSSR count). The normalized spacial score (nSPS) is 15.2. The molecule has 7 heteroatoms. The van der Waals surface area contributed by atoms with Gasteiger partial charge in [-0.2, -0.15) is 0 Å². The average molecular weight is 277 g/mol. The molecular formula is C13H15N3O4. The highest BCUT2D eigenvalue weighted by Gasteiger charge is 2.37. The van der Waals surface area contributed by atoms with Crippen molar-refractivity contribution in [1.29, 1.82) is 0 Å². The van der Waals surface area contributed by atoms with E-state index in [9.17, 15) is 14.4 Å². The van der Waals surface area contributed by atoms with Gasteiger partial charge in [-0.1, -0.05) is 6.07 Å². The Morgan fingerprint density at radius 1 is 1.30 bits per heavy atom. The number of hydrogen-bond donors (Lipinski definition) is 4. The number of nitrogens with two attached hydrogens (primary N) is 1. The first kappa shape index (κ1) is 13.9.